The van der Waals surface area contributed by atoms with Crippen LogP contribution in [0.2, 0.25) is 0 Å². The molecular formula is C17H24Cl2FN3O3S. The highest BCUT2D eigenvalue weighted by atomic mass is 35.5. The van der Waals surface area contributed by atoms with Gasteiger partial charge in [0.2, 0.25) is 0 Å². The Balaban J connectivity index is 0.00000338. The smallest absolute Gasteiger partial charge is 0.263 e. The van der Waals surface area contributed by atoms with Gasteiger partial charge in [0, 0.05) is 26.7 Å². The molecule has 0 radical (unpaired) electrons. The van der Waals surface area contributed by atoms with Gasteiger partial charge in [-0.3, -0.25) is 4.79 Å². The minimum atomic E-state index is -0.312. The van der Waals surface area contributed by atoms with Crippen molar-refractivity contribution in [3.05, 3.63) is 45.7 Å². The summed E-state index contributed by atoms with van der Waals surface area (Å²) in [4.78, 5) is 17.1. The number of halogens is 3. The molecule has 1 aromatic heterocycles. The van der Waals surface area contributed by atoms with Crippen LogP contribution in [0.5, 0.6) is 5.75 Å². The van der Waals surface area contributed by atoms with E-state index in [4.69, 9.17) is 9.47 Å². The van der Waals surface area contributed by atoms with Gasteiger partial charge in [0.15, 0.2) is 0 Å². The van der Waals surface area contributed by atoms with Gasteiger partial charge >= 0.3 is 0 Å². The van der Waals surface area contributed by atoms with Crippen LogP contribution in [0.25, 0.3) is 0 Å². The van der Waals surface area contributed by atoms with E-state index >= 15 is 0 Å². The molecule has 2 aromatic rings. The van der Waals surface area contributed by atoms with Crippen LogP contribution in [-0.4, -0.2) is 44.2 Å². The number of ether oxygens (including phenoxy) is 2. The third-order valence-electron chi connectivity index (χ3n) is 3.29. The van der Waals surface area contributed by atoms with E-state index in [1.54, 1.807) is 26.2 Å². The average molecular weight is 440 g/mol. The van der Waals surface area contributed by atoms with Crippen molar-refractivity contribution in [1.82, 2.24) is 15.6 Å². The summed E-state index contributed by atoms with van der Waals surface area (Å²) in [7, 11) is 1.65. The molecule has 0 aliphatic carbocycles. The Morgan fingerprint density at radius 3 is 2.56 bits per heavy atom. The van der Waals surface area contributed by atoms with Crippen LogP contribution in [0.3, 0.4) is 0 Å². The maximum absolute atomic E-state index is 12.9. The van der Waals surface area contributed by atoms with Gasteiger partial charge in [0.25, 0.3) is 5.91 Å². The molecule has 0 aliphatic heterocycles. The van der Waals surface area contributed by atoms with E-state index in [-0.39, 0.29) is 43.1 Å². The van der Waals surface area contributed by atoms with Gasteiger partial charge in [-0.2, -0.15) is 0 Å². The van der Waals surface area contributed by atoms with Crippen molar-refractivity contribution < 1.29 is 18.7 Å². The minimum absolute atomic E-state index is 0. The van der Waals surface area contributed by atoms with E-state index in [0.29, 0.717) is 41.0 Å². The molecule has 6 nitrogen and oxygen atoms in total. The molecule has 1 aromatic carbocycles. The van der Waals surface area contributed by atoms with E-state index in [0.717, 1.165) is 6.54 Å². The number of carbonyl (C=O) groups excluding carboxylic acids is 1. The number of aromatic nitrogens is 1. The van der Waals surface area contributed by atoms with Crippen LogP contribution in [0.15, 0.2) is 24.3 Å². The number of thiazole rings is 1. The number of rotatable bonds is 10. The van der Waals surface area contributed by atoms with Crippen molar-refractivity contribution in [2.24, 2.45) is 0 Å². The number of hydrogen-bond donors (Lipinski definition) is 2. The van der Waals surface area contributed by atoms with Crippen molar-refractivity contribution >= 4 is 42.1 Å². The third-order valence-corrected chi connectivity index (χ3v) is 4.42. The first-order chi connectivity index (χ1) is 12.1. The maximum atomic E-state index is 12.9. The Kier molecular flexibility index (Phi) is 12.9. The van der Waals surface area contributed by atoms with Crippen LogP contribution in [0.4, 0.5) is 4.39 Å². The van der Waals surface area contributed by atoms with E-state index in [1.165, 1.54) is 23.5 Å². The number of amides is 1. The van der Waals surface area contributed by atoms with E-state index in [1.807, 2.05) is 0 Å². The van der Waals surface area contributed by atoms with Gasteiger partial charge in [0.1, 0.15) is 28.1 Å². The zero-order valence-electron chi connectivity index (χ0n) is 15.1. The highest BCUT2D eigenvalue weighted by Crippen LogP contribution is 2.20. The van der Waals surface area contributed by atoms with E-state index < -0.39 is 0 Å². The molecular weight excluding hydrogens is 416 g/mol. The first-order valence-corrected chi connectivity index (χ1v) is 8.74. The molecule has 2 rings (SSSR count). The number of benzene rings is 1. The number of nitrogens with one attached hydrogen (secondary N) is 2. The fraction of sp³-hybridized carbons (Fsp3) is 0.412. The van der Waals surface area contributed by atoms with Crippen LogP contribution in [-0.2, 0) is 11.3 Å². The highest BCUT2D eigenvalue weighted by Gasteiger charge is 2.15. The fourth-order valence-corrected chi connectivity index (χ4v) is 2.94. The first kappa shape index (κ1) is 25.6. The van der Waals surface area contributed by atoms with Crippen molar-refractivity contribution in [1.29, 1.82) is 0 Å². The normalized spacial score (nSPS) is 9.89. The molecule has 0 fully saturated rings. The van der Waals surface area contributed by atoms with Gasteiger partial charge in [-0.05, 0) is 31.2 Å². The number of aryl methyl sites for hydroxylation is 1. The van der Waals surface area contributed by atoms with Gasteiger partial charge in [-0.1, -0.05) is 0 Å². The van der Waals surface area contributed by atoms with Gasteiger partial charge in [-0.25, -0.2) is 9.37 Å². The molecule has 152 valence electrons. The zero-order chi connectivity index (χ0) is 18.1. The summed E-state index contributed by atoms with van der Waals surface area (Å²) in [6, 6.07) is 5.78. The summed E-state index contributed by atoms with van der Waals surface area (Å²) in [5, 5.41) is 6.71. The number of hydrogen-bond acceptors (Lipinski definition) is 6. The number of methoxy groups -OCH3 is 1. The molecule has 0 unspecified atom stereocenters. The lowest BCUT2D eigenvalue weighted by Gasteiger charge is -2.05. The highest BCUT2D eigenvalue weighted by molar-refractivity contribution is 7.13. The van der Waals surface area contributed by atoms with Crippen molar-refractivity contribution in [3.63, 3.8) is 0 Å². The van der Waals surface area contributed by atoms with Gasteiger partial charge < -0.3 is 20.1 Å². The Hall–Kier alpha value is -1.45. The fourth-order valence-electron chi connectivity index (χ4n) is 2.04. The van der Waals surface area contributed by atoms with Gasteiger partial charge in [-0.15, -0.1) is 36.2 Å². The maximum Gasteiger partial charge on any atom is 0.263 e. The molecule has 0 saturated carbocycles. The van der Waals surface area contributed by atoms with Crippen molar-refractivity contribution in [3.8, 4) is 5.75 Å². The van der Waals surface area contributed by atoms with E-state index in [9.17, 15) is 9.18 Å². The monoisotopic (exact) mass is 439 g/mol. The lowest BCUT2D eigenvalue weighted by atomic mass is 10.3. The molecule has 0 aliphatic rings. The molecule has 2 N–H and O–H groups in total. The molecule has 1 amide bonds. The molecule has 10 heteroatoms. The Morgan fingerprint density at radius 1 is 1.19 bits per heavy atom. The lowest BCUT2D eigenvalue weighted by molar-refractivity contribution is 0.0957. The summed E-state index contributed by atoms with van der Waals surface area (Å²) >= 11 is 1.30. The summed E-state index contributed by atoms with van der Waals surface area (Å²) in [6.07, 6.45) is 0. The Morgan fingerprint density at radius 2 is 1.89 bits per heavy atom. The van der Waals surface area contributed by atoms with Gasteiger partial charge in [0.05, 0.1) is 12.3 Å². The summed E-state index contributed by atoms with van der Waals surface area (Å²) in [5.74, 6) is 0.104. The van der Waals surface area contributed by atoms with E-state index in [2.05, 4.69) is 15.6 Å². The predicted molar refractivity (Wildman–Crippen MR) is 109 cm³/mol. The summed E-state index contributed by atoms with van der Waals surface area (Å²) < 4.78 is 23.4. The second-order valence-electron chi connectivity index (χ2n) is 5.26. The molecule has 0 atom stereocenters. The molecule has 0 saturated heterocycles. The molecule has 27 heavy (non-hydrogen) atoms. The number of carbonyl (C=O) groups is 1. The van der Waals surface area contributed by atoms with Crippen molar-refractivity contribution in [2.45, 2.75) is 13.5 Å². The SMILES string of the molecule is COCCNCCNC(=O)c1sc(COc2ccc(F)cc2)nc1C.Cl.Cl. The van der Waals surface area contributed by atoms with Crippen LogP contribution < -0.4 is 15.4 Å². The zero-order valence-corrected chi connectivity index (χ0v) is 17.6. The first-order valence-electron chi connectivity index (χ1n) is 7.92. The summed E-state index contributed by atoms with van der Waals surface area (Å²) in [5.41, 5.74) is 0.674. The minimum Gasteiger partial charge on any atom is -0.486 e. The topological polar surface area (TPSA) is 72.5 Å². The molecule has 1 heterocycles. The Labute approximate surface area is 174 Å². The number of nitrogens with zero attached hydrogens (tertiary/aromatic N) is 1. The van der Waals surface area contributed by atoms with Crippen LogP contribution in [0.1, 0.15) is 20.4 Å². The standard InChI is InChI=1S/C17H22FN3O3S.2ClH/c1-12-16(17(22)20-8-7-19-9-10-23-2)25-15(21-12)11-24-14-5-3-13(18)4-6-14;;/h3-6,19H,7-11H2,1-2H3,(H,20,22);2*1H. The largest absolute Gasteiger partial charge is 0.486 e. The molecule has 0 spiro atoms. The third kappa shape index (κ3) is 8.85. The quantitative estimate of drug-likeness (QED) is 0.556. The summed E-state index contributed by atoms with van der Waals surface area (Å²) in [6.45, 7) is 4.62. The molecule has 0 bridgehead atoms. The second-order valence-corrected chi connectivity index (χ2v) is 6.35. The average Bonchev–Trinajstić information content (AvgIpc) is 2.98. The van der Waals surface area contributed by atoms with Crippen molar-refractivity contribution in [2.75, 3.05) is 33.4 Å². The van der Waals surface area contributed by atoms with Crippen LogP contribution in [0, 0.1) is 12.7 Å². The lowest BCUT2D eigenvalue weighted by Crippen LogP contribution is -2.33. The Bertz CT molecular complexity index is 687. The van der Waals surface area contributed by atoms with Crippen LogP contribution >= 0.6 is 36.2 Å². The second kappa shape index (κ2) is 13.7. The predicted octanol–water partition coefficient (Wildman–Crippen LogP) is 2.98.